The van der Waals surface area contributed by atoms with E-state index in [4.69, 9.17) is 14.2 Å². The molecule has 92 valence electrons. The standard InChI is InChI=1S/C12H20O4/c1-11(10(13)15-3)12(16-11)7-4-5-9(14-2)6-8-12/h9H,4-8H2,1-3H3. The maximum absolute atomic E-state index is 11.7. The van der Waals surface area contributed by atoms with Crippen LogP contribution in [0.15, 0.2) is 0 Å². The molecule has 3 atom stereocenters. The smallest absolute Gasteiger partial charge is 0.340 e. The first-order chi connectivity index (χ1) is 7.58. The van der Waals surface area contributed by atoms with Crippen LogP contribution in [-0.2, 0) is 19.0 Å². The van der Waals surface area contributed by atoms with E-state index in [0.717, 1.165) is 32.1 Å². The van der Waals surface area contributed by atoms with Crippen LogP contribution in [0.3, 0.4) is 0 Å². The van der Waals surface area contributed by atoms with Gasteiger partial charge in [0.05, 0.1) is 13.2 Å². The van der Waals surface area contributed by atoms with Crippen molar-refractivity contribution in [2.45, 2.75) is 56.3 Å². The summed E-state index contributed by atoms with van der Waals surface area (Å²) in [5, 5.41) is 0. The van der Waals surface area contributed by atoms with Crippen molar-refractivity contribution in [3.63, 3.8) is 0 Å². The van der Waals surface area contributed by atoms with Gasteiger partial charge in [-0.05, 0) is 39.0 Å². The number of hydrogen-bond acceptors (Lipinski definition) is 4. The molecule has 0 radical (unpaired) electrons. The van der Waals surface area contributed by atoms with E-state index < -0.39 is 5.60 Å². The van der Waals surface area contributed by atoms with Crippen LogP contribution in [0.2, 0.25) is 0 Å². The molecule has 1 saturated heterocycles. The Balaban J connectivity index is 2.04. The Kier molecular flexibility index (Phi) is 2.97. The van der Waals surface area contributed by atoms with Gasteiger partial charge in [0.15, 0.2) is 5.60 Å². The first-order valence-electron chi connectivity index (χ1n) is 5.89. The van der Waals surface area contributed by atoms with Crippen LogP contribution < -0.4 is 0 Å². The predicted octanol–water partition coefficient (Wildman–Crippen LogP) is 1.67. The monoisotopic (exact) mass is 228 g/mol. The highest BCUT2D eigenvalue weighted by molar-refractivity contribution is 5.84. The highest BCUT2D eigenvalue weighted by Crippen LogP contribution is 2.56. The molecule has 1 spiro atoms. The molecule has 2 aliphatic rings. The van der Waals surface area contributed by atoms with Crippen molar-refractivity contribution in [1.82, 2.24) is 0 Å². The van der Waals surface area contributed by atoms with E-state index >= 15 is 0 Å². The molecular formula is C12H20O4. The lowest BCUT2D eigenvalue weighted by Crippen LogP contribution is -2.32. The number of epoxide rings is 1. The van der Waals surface area contributed by atoms with Gasteiger partial charge in [0.2, 0.25) is 0 Å². The molecule has 1 aliphatic carbocycles. The largest absolute Gasteiger partial charge is 0.467 e. The molecule has 1 saturated carbocycles. The average molecular weight is 228 g/mol. The molecule has 16 heavy (non-hydrogen) atoms. The van der Waals surface area contributed by atoms with E-state index in [2.05, 4.69) is 0 Å². The first-order valence-corrected chi connectivity index (χ1v) is 5.89. The lowest BCUT2D eigenvalue weighted by atomic mass is 9.87. The van der Waals surface area contributed by atoms with Crippen LogP contribution in [0, 0.1) is 0 Å². The van der Waals surface area contributed by atoms with Gasteiger partial charge in [-0.3, -0.25) is 0 Å². The molecule has 1 aliphatic heterocycles. The number of hydrogen-bond donors (Lipinski definition) is 0. The van der Waals surface area contributed by atoms with E-state index in [1.54, 1.807) is 7.11 Å². The molecule has 2 fully saturated rings. The molecule has 0 N–H and O–H groups in total. The van der Waals surface area contributed by atoms with Crippen molar-refractivity contribution in [2.24, 2.45) is 0 Å². The molecule has 0 aromatic heterocycles. The summed E-state index contributed by atoms with van der Waals surface area (Å²) in [6.07, 6.45) is 5.19. The quantitative estimate of drug-likeness (QED) is 0.533. The van der Waals surface area contributed by atoms with Crippen molar-refractivity contribution >= 4 is 5.97 Å². The summed E-state index contributed by atoms with van der Waals surface area (Å²) in [6, 6.07) is 0. The van der Waals surface area contributed by atoms with Gasteiger partial charge in [0.1, 0.15) is 5.60 Å². The summed E-state index contributed by atoms with van der Waals surface area (Å²) in [6.45, 7) is 1.84. The number of methoxy groups -OCH3 is 2. The summed E-state index contributed by atoms with van der Waals surface area (Å²) in [4.78, 5) is 11.7. The zero-order valence-corrected chi connectivity index (χ0v) is 10.2. The van der Waals surface area contributed by atoms with Crippen LogP contribution in [-0.4, -0.2) is 37.5 Å². The molecular weight excluding hydrogens is 208 g/mol. The van der Waals surface area contributed by atoms with E-state index in [1.807, 2.05) is 6.92 Å². The van der Waals surface area contributed by atoms with E-state index in [9.17, 15) is 4.79 Å². The summed E-state index contributed by atoms with van der Waals surface area (Å²) in [7, 11) is 3.16. The SMILES string of the molecule is COC(=O)C1(C)OC12CCCC(OC)CC2. The summed E-state index contributed by atoms with van der Waals surface area (Å²) in [5.74, 6) is -0.247. The molecule has 0 aromatic carbocycles. The molecule has 0 aromatic rings. The zero-order chi connectivity index (χ0) is 11.8. The van der Waals surface area contributed by atoms with Crippen molar-refractivity contribution in [3.8, 4) is 0 Å². The minimum atomic E-state index is -0.718. The fraction of sp³-hybridized carbons (Fsp3) is 0.917. The topological polar surface area (TPSA) is 48.1 Å². The fourth-order valence-corrected chi connectivity index (χ4v) is 2.88. The molecule has 1 heterocycles. The number of carbonyl (C=O) groups excluding carboxylic acids is 1. The number of carbonyl (C=O) groups is 1. The Morgan fingerprint density at radius 2 is 2.06 bits per heavy atom. The Labute approximate surface area is 96.2 Å². The minimum absolute atomic E-state index is 0.247. The minimum Gasteiger partial charge on any atom is -0.467 e. The third kappa shape index (κ3) is 1.64. The molecule has 4 nitrogen and oxygen atoms in total. The lowest BCUT2D eigenvalue weighted by Gasteiger charge is -2.13. The maximum atomic E-state index is 11.7. The van der Waals surface area contributed by atoms with Crippen LogP contribution in [0.25, 0.3) is 0 Å². The first kappa shape index (κ1) is 11.9. The third-order valence-electron chi connectivity index (χ3n) is 4.11. The fourth-order valence-electron chi connectivity index (χ4n) is 2.88. The van der Waals surface area contributed by atoms with Gasteiger partial charge in [-0.25, -0.2) is 4.79 Å². The number of rotatable bonds is 2. The second-order valence-electron chi connectivity index (χ2n) is 4.91. The van der Waals surface area contributed by atoms with Gasteiger partial charge in [-0.2, -0.15) is 0 Å². The summed E-state index contributed by atoms with van der Waals surface area (Å²) >= 11 is 0. The van der Waals surface area contributed by atoms with Gasteiger partial charge >= 0.3 is 5.97 Å². The summed E-state index contributed by atoms with van der Waals surface area (Å²) < 4.78 is 15.9. The van der Waals surface area contributed by atoms with Gasteiger partial charge in [0.25, 0.3) is 0 Å². The average Bonchev–Trinajstić information content (AvgIpc) is 2.95. The van der Waals surface area contributed by atoms with E-state index in [1.165, 1.54) is 7.11 Å². The van der Waals surface area contributed by atoms with Crippen molar-refractivity contribution in [3.05, 3.63) is 0 Å². The highest BCUT2D eigenvalue weighted by atomic mass is 16.7. The van der Waals surface area contributed by atoms with Gasteiger partial charge < -0.3 is 14.2 Å². The maximum Gasteiger partial charge on any atom is 0.340 e. The zero-order valence-electron chi connectivity index (χ0n) is 10.2. The van der Waals surface area contributed by atoms with Crippen LogP contribution >= 0.6 is 0 Å². The van der Waals surface area contributed by atoms with Crippen LogP contribution in [0.1, 0.15) is 39.0 Å². The summed E-state index contributed by atoms with van der Waals surface area (Å²) in [5.41, 5.74) is -1.00. The van der Waals surface area contributed by atoms with E-state index in [-0.39, 0.29) is 11.6 Å². The Morgan fingerprint density at radius 1 is 1.31 bits per heavy atom. The highest BCUT2D eigenvalue weighted by Gasteiger charge is 2.71. The number of ether oxygens (including phenoxy) is 3. The normalized spacial score (nSPS) is 42.8. The Bertz CT molecular complexity index is 291. The van der Waals surface area contributed by atoms with Gasteiger partial charge in [0, 0.05) is 7.11 Å². The van der Waals surface area contributed by atoms with E-state index in [0.29, 0.717) is 6.10 Å². The second-order valence-corrected chi connectivity index (χ2v) is 4.91. The molecule has 3 unspecified atom stereocenters. The molecule has 4 heteroatoms. The molecule has 0 amide bonds. The molecule has 0 bridgehead atoms. The lowest BCUT2D eigenvalue weighted by molar-refractivity contribution is -0.146. The van der Waals surface area contributed by atoms with Gasteiger partial charge in [-0.15, -0.1) is 0 Å². The second kappa shape index (κ2) is 4.00. The third-order valence-corrected chi connectivity index (χ3v) is 4.11. The van der Waals surface area contributed by atoms with Crippen molar-refractivity contribution in [2.75, 3.05) is 14.2 Å². The van der Waals surface area contributed by atoms with Gasteiger partial charge in [-0.1, -0.05) is 0 Å². The Hall–Kier alpha value is -0.610. The number of esters is 1. The Morgan fingerprint density at radius 3 is 2.69 bits per heavy atom. The van der Waals surface area contributed by atoms with Crippen molar-refractivity contribution in [1.29, 1.82) is 0 Å². The molecule has 2 rings (SSSR count). The van der Waals surface area contributed by atoms with Crippen LogP contribution in [0.5, 0.6) is 0 Å². The predicted molar refractivity (Wildman–Crippen MR) is 58.1 cm³/mol. The van der Waals surface area contributed by atoms with Crippen molar-refractivity contribution < 1.29 is 19.0 Å². The van der Waals surface area contributed by atoms with Crippen LogP contribution in [0.4, 0.5) is 0 Å².